The maximum atomic E-state index is 5.23. The number of hydrogen-bond donors (Lipinski definition) is 0. The van der Waals surface area contributed by atoms with Crippen LogP contribution in [0.3, 0.4) is 0 Å². The van der Waals surface area contributed by atoms with Crippen LogP contribution in [0, 0.1) is 0 Å². The minimum Gasteiger partial charge on any atom is -0.379 e. The maximum Gasteiger partial charge on any atom is 0.0700 e. The van der Waals surface area contributed by atoms with E-state index in [2.05, 4.69) is 0 Å². The molecule has 1 aliphatic heterocycles. The summed E-state index contributed by atoms with van der Waals surface area (Å²) in [6, 6.07) is 0. The predicted octanol–water partition coefficient (Wildman–Crippen LogP) is 1.20. The van der Waals surface area contributed by atoms with Gasteiger partial charge in [-0.3, -0.25) is 0 Å². The third-order valence-corrected chi connectivity index (χ3v) is 1.45. The highest BCUT2D eigenvalue weighted by atomic mass is 16.5. The van der Waals surface area contributed by atoms with Crippen molar-refractivity contribution in [1.82, 2.24) is 0 Å². The molecule has 0 unspecified atom stereocenters. The van der Waals surface area contributed by atoms with Gasteiger partial charge in [-0.15, -0.1) is 0 Å². The van der Waals surface area contributed by atoms with E-state index in [0.717, 1.165) is 26.4 Å². The molecular weight excluding hydrogens is 116 g/mol. The van der Waals surface area contributed by atoms with Crippen LogP contribution >= 0.6 is 0 Å². The van der Waals surface area contributed by atoms with Crippen LogP contribution < -0.4 is 0 Å². The molecular formula is C7H14O2. The average Bonchev–Trinajstić information content (AvgIpc) is 2.00. The molecule has 54 valence electrons. The van der Waals surface area contributed by atoms with Gasteiger partial charge in [0.15, 0.2) is 0 Å². The van der Waals surface area contributed by atoms with Gasteiger partial charge in [0, 0.05) is 13.2 Å². The first kappa shape index (κ1) is 7.03. The summed E-state index contributed by atoms with van der Waals surface area (Å²) in [5.41, 5.74) is 0. The third kappa shape index (κ3) is 3.49. The smallest absolute Gasteiger partial charge is 0.0700 e. The Labute approximate surface area is 56.2 Å². The molecule has 1 aliphatic rings. The maximum absolute atomic E-state index is 5.23. The first-order valence-corrected chi connectivity index (χ1v) is 3.65. The fourth-order valence-corrected chi connectivity index (χ4v) is 0.907. The second-order valence-corrected chi connectivity index (χ2v) is 2.29. The lowest BCUT2D eigenvalue weighted by Gasteiger charge is -1.98. The van der Waals surface area contributed by atoms with Crippen molar-refractivity contribution in [2.75, 3.05) is 26.4 Å². The van der Waals surface area contributed by atoms with Crippen LogP contribution in [0.5, 0.6) is 0 Å². The van der Waals surface area contributed by atoms with Crippen LogP contribution in [0.1, 0.15) is 19.3 Å². The summed E-state index contributed by atoms with van der Waals surface area (Å²) in [5.74, 6) is 0. The van der Waals surface area contributed by atoms with Crippen molar-refractivity contribution in [1.29, 1.82) is 0 Å². The van der Waals surface area contributed by atoms with Crippen molar-refractivity contribution < 1.29 is 9.47 Å². The lowest BCUT2D eigenvalue weighted by Crippen LogP contribution is -2.02. The van der Waals surface area contributed by atoms with Gasteiger partial charge < -0.3 is 9.47 Å². The van der Waals surface area contributed by atoms with E-state index in [9.17, 15) is 0 Å². The van der Waals surface area contributed by atoms with Gasteiger partial charge in [0.2, 0.25) is 0 Å². The molecule has 0 bridgehead atoms. The van der Waals surface area contributed by atoms with Gasteiger partial charge in [0.1, 0.15) is 0 Å². The molecule has 1 rings (SSSR count). The average molecular weight is 130 g/mol. The minimum atomic E-state index is 0.778. The van der Waals surface area contributed by atoms with Crippen molar-refractivity contribution in [3.05, 3.63) is 0 Å². The fraction of sp³-hybridized carbons (Fsp3) is 1.00. The Morgan fingerprint density at radius 2 is 1.11 bits per heavy atom. The zero-order chi connectivity index (χ0) is 6.36. The molecule has 0 aromatic heterocycles. The van der Waals surface area contributed by atoms with Crippen molar-refractivity contribution in [3.8, 4) is 0 Å². The molecule has 0 atom stereocenters. The normalized spacial score (nSPS) is 24.0. The van der Waals surface area contributed by atoms with Crippen LogP contribution in [0.4, 0.5) is 0 Å². The highest BCUT2D eigenvalue weighted by Gasteiger charge is 1.95. The molecule has 0 radical (unpaired) electrons. The van der Waals surface area contributed by atoms with E-state index in [-0.39, 0.29) is 0 Å². The third-order valence-electron chi connectivity index (χ3n) is 1.45. The van der Waals surface area contributed by atoms with Gasteiger partial charge in [-0.2, -0.15) is 0 Å². The van der Waals surface area contributed by atoms with E-state index in [0.29, 0.717) is 0 Å². The van der Waals surface area contributed by atoms with Gasteiger partial charge in [-0.05, 0) is 19.3 Å². The van der Waals surface area contributed by atoms with Gasteiger partial charge >= 0.3 is 0 Å². The van der Waals surface area contributed by atoms with Gasteiger partial charge in [-0.25, -0.2) is 0 Å². The molecule has 2 nitrogen and oxygen atoms in total. The molecule has 9 heavy (non-hydrogen) atoms. The number of hydrogen-bond acceptors (Lipinski definition) is 2. The monoisotopic (exact) mass is 130 g/mol. The first-order valence-electron chi connectivity index (χ1n) is 3.65. The predicted molar refractivity (Wildman–Crippen MR) is 35.5 cm³/mol. The summed E-state index contributed by atoms with van der Waals surface area (Å²) < 4.78 is 10.5. The molecule has 2 heteroatoms. The Balaban J connectivity index is 2.02. The zero-order valence-corrected chi connectivity index (χ0v) is 5.77. The Kier molecular flexibility index (Phi) is 3.72. The molecule has 0 spiro atoms. The van der Waals surface area contributed by atoms with Crippen LogP contribution in [0.2, 0.25) is 0 Å². The fourth-order valence-electron chi connectivity index (χ4n) is 0.907. The summed E-state index contributed by atoms with van der Waals surface area (Å²) in [6.45, 7) is 3.40. The van der Waals surface area contributed by atoms with E-state index in [1.165, 1.54) is 19.3 Å². The highest BCUT2D eigenvalue weighted by Crippen LogP contribution is 1.98. The molecule has 0 saturated carbocycles. The van der Waals surface area contributed by atoms with Crippen molar-refractivity contribution in [2.45, 2.75) is 19.3 Å². The largest absolute Gasteiger partial charge is 0.379 e. The van der Waals surface area contributed by atoms with E-state index in [4.69, 9.17) is 9.47 Å². The Bertz CT molecular complexity index is 35.4. The Morgan fingerprint density at radius 3 is 1.67 bits per heavy atom. The summed E-state index contributed by atoms with van der Waals surface area (Å²) in [7, 11) is 0. The molecule has 1 heterocycles. The molecule has 0 aromatic carbocycles. The standard InChI is InChI=1S/C7H14O2/c1-2-4-8-6-7-9-5-3-1/h1-7H2. The van der Waals surface area contributed by atoms with Gasteiger partial charge in [0.05, 0.1) is 13.2 Å². The van der Waals surface area contributed by atoms with Crippen molar-refractivity contribution >= 4 is 0 Å². The van der Waals surface area contributed by atoms with E-state index >= 15 is 0 Å². The lowest BCUT2D eigenvalue weighted by molar-refractivity contribution is 0.0584. The second kappa shape index (κ2) is 4.77. The molecule has 0 aliphatic carbocycles. The quantitative estimate of drug-likeness (QED) is 0.490. The van der Waals surface area contributed by atoms with Crippen LogP contribution in [-0.2, 0) is 9.47 Å². The topological polar surface area (TPSA) is 18.5 Å². The van der Waals surface area contributed by atoms with E-state index in [1.54, 1.807) is 0 Å². The summed E-state index contributed by atoms with van der Waals surface area (Å²) in [4.78, 5) is 0. The SMILES string of the molecule is C1CCOCCOCC1. The molecule has 1 saturated heterocycles. The highest BCUT2D eigenvalue weighted by molar-refractivity contribution is 4.43. The molecule has 0 aromatic rings. The van der Waals surface area contributed by atoms with E-state index in [1.807, 2.05) is 0 Å². The van der Waals surface area contributed by atoms with Gasteiger partial charge in [-0.1, -0.05) is 0 Å². The van der Waals surface area contributed by atoms with Crippen LogP contribution in [-0.4, -0.2) is 26.4 Å². The lowest BCUT2D eigenvalue weighted by atomic mass is 10.2. The van der Waals surface area contributed by atoms with Crippen molar-refractivity contribution in [2.24, 2.45) is 0 Å². The molecule has 0 N–H and O–H groups in total. The summed E-state index contributed by atoms with van der Waals surface area (Å²) in [5, 5.41) is 0. The molecule has 1 fully saturated rings. The number of ether oxygens (including phenoxy) is 2. The van der Waals surface area contributed by atoms with Gasteiger partial charge in [0.25, 0.3) is 0 Å². The zero-order valence-electron chi connectivity index (χ0n) is 5.77. The van der Waals surface area contributed by atoms with Crippen molar-refractivity contribution in [3.63, 3.8) is 0 Å². The summed E-state index contributed by atoms with van der Waals surface area (Å²) >= 11 is 0. The Morgan fingerprint density at radius 1 is 0.556 bits per heavy atom. The second-order valence-electron chi connectivity index (χ2n) is 2.29. The minimum absolute atomic E-state index is 0.778. The summed E-state index contributed by atoms with van der Waals surface area (Å²) in [6.07, 6.45) is 3.65. The van der Waals surface area contributed by atoms with Crippen LogP contribution in [0.15, 0.2) is 0 Å². The Hall–Kier alpha value is -0.0800. The molecule has 0 amide bonds. The van der Waals surface area contributed by atoms with E-state index < -0.39 is 0 Å². The number of rotatable bonds is 0. The van der Waals surface area contributed by atoms with Crippen LogP contribution in [0.25, 0.3) is 0 Å². The first-order chi connectivity index (χ1) is 4.50.